The van der Waals surface area contributed by atoms with E-state index in [1.807, 2.05) is 35.9 Å². The van der Waals surface area contributed by atoms with Crippen LogP contribution in [0.2, 0.25) is 0 Å². The minimum atomic E-state index is -0.455. The molecule has 1 heterocycles. The summed E-state index contributed by atoms with van der Waals surface area (Å²) in [6.07, 6.45) is 1.84. The maximum absolute atomic E-state index is 12.7. The fourth-order valence-corrected chi connectivity index (χ4v) is 3.21. The number of hydrogen-bond acceptors (Lipinski definition) is 4. The first-order valence-corrected chi connectivity index (χ1v) is 9.74. The maximum atomic E-state index is 12.7. The number of nitrogens with zero attached hydrogens (tertiary/aromatic N) is 4. The second kappa shape index (κ2) is 8.86. The molecule has 9 heteroatoms. The van der Waals surface area contributed by atoms with E-state index in [0.29, 0.717) is 11.3 Å². The maximum Gasteiger partial charge on any atom is 0.322 e. The van der Waals surface area contributed by atoms with Gasteiger partial charge in [0.25, 0.3) is 5.69 Å². The first kappa shape index (κ1) is 21.8. The van der Waals surface area contributed by atoms with Gasteiger partial charge in [0.05, 0.1) is 11.0 Å². The molecule has 0 aliphatic carbocycles. The first-order chi connectivity index (χ1) is 14.7. The van der Waals surface area contributed by atoms with Crippen LogP contribution in [0.15, 0.2) is 54.7 Å². The lowest BCUT2D eigenvalue weighted by Gasteiger charge is -2.25. The number of nitrogens with one attached hydrogen (secondary N) is 1. The second-order valence-corrected chi connectivity index (χ2v) is 7.57. The van der Waals surface area contributed by atoms with Crippen molar-refractivity contribution in [1.29, 1.82) is 0 Å². The number of rotatable bonds is 6. The summed E-state index contributed by atoms with van der Waals surface area (Å²) in [5, 5.41) is 14.8. The Hall–Kier alpha value is -3.88. The van der Waals surface area contributed by atoms with Crippen LogP contribution in [-0.2, 0) is 11.3 Å². The molecule has 0 saturated carbocycles. The van der Waals surface area contributed by atoms with E-state index in [0.717, 1.165) is 10.9 Å². The summed E-state index contributed by atoms with van der Waals surface area (Å²) in [6.45, 7) is 2.05. The number of amides is 3. The molecule has 1 atom stereocenters. The van der Waals surface area contributed by atoms with Gasteiger partial charge in [-0.15, -0.1) is 0 Å². The first-order valence-electron chi connectivity index (χ1n) is 9.74. The van der Waals surface area contributed by atoms with Crippen molar-refractivity contribution < 1.29 is 14.5 Å². The highest BCUT2D eigenvalue weighted by molar-refractivity contribution is 5.93. The monoisotopic (exact) mass is 423 g/mol. The van der Waals surface area contributed by atoms with Crippen molar-refractivity contribution in [3.8, 4) is 0 Å². The quantitative estimate of drug-likeness (QED) is 0.480. The molecule has 0 saturated heterocycles. The number of anilines is 1. The summed E-state index contributed by atoms with van der Waals surface area (Å²) in [4.78, 5) is 38.3. The van der Waals surface area contributed by atoms with Crippen LogP contribution in [-0.4, -0.2) is 52.4 Å². The number of hydrogen-bond donors (Lipinski definition) is 1. The predicted octanol–water partition coefficient (Wildman–Crippen LogP) is 3.86. The molecule has 3 amide bonds. The summed E-state index contributed by atoms with van der Waals surface area (Å²) in [6, 6.07) is 12.9. The number of nitro groups is 1. The Bertz CT molecular complexity index is 1140. The third-order valence-electron chi connectivity index (χ3n) is 5.29. The fraction of sp³-hybridized carbons (Fsp3) is 0.273. The Morgan fingerprint density at radius 2 is 1.87 bits per heavy atom. The number of fused-ring (bicyclic) bond motifs is 1. The zero-order valence-electron chi connectivity index (χ0n) is 17.9. The largest absolute Gasteiger partial charge is 0.347 e. The van der Waals surface area contributed by atoms with E-state index in [-0.39, 0.29) is 30.2 Å². The molecule has 31 heavy (non-hydrogen) atoms. The minimum Gasteiger partial charge on any atom is -0.347 e. The summed E-state index contributed by atoms with van der Waals surface area (Å²) in [7, 11) is 5.07. The fourth-order valence-electron chi connectivity index (χ4n) is 3.21. The molecule has 0 spiro atoms. The van der Waals surface area contributed by atoms with Crippen molar-refractivity contribution in [2.75, 3.05) is 26.5 Å². The normalized spacial score (nSPS) is 11.7. The van der Waals surface area contributed by atoms with Crippen molar-refractivity contribution >= 4 is 34.2 Å². The van der Waals surface area contributed by atoms with Gasteiger partial charge in [-0.05, 0) is 36.8 Å². The van der Waals surface area contributed by atoms with E-state index in [1.165, 1.54) is 17.0 Å². The zero-order valence-corrected chi connectivity index (χ0v) is 17.9. The van der Waals surface area contributed by atoms with Crippen LogP contribution >= 0.6 is 0 Å². The Morgan fingerprint density at radius 1 is 1.13 bits per heavy atom. The second-order valence-electron chi connectivity index (χ2n) is 7.57. The van der Waals surface area contributed by atoms with Gasteiger partial charge in [-0.3, -0.25) is 14.9 Å². The molecule has 3 aromatic rings. The van der Waals surface area contributed by atoms with Crippen LogP contribution in [0.4, 0.5) is 16.2 Å². The molecule has 0 bridgehead atoms. The summed E-state index contributed by atoms with van der Waals surface area (Å²) in [5.41, 5.74) is 2.17. The third-order valence-corrected chi connectivity index (χ3v) is 5.29. The number of carbonyl (C=O) groups excluding carboxylic acids is 2. The highest BCUT2D eigenvalue weighted by atomic mass is 16.6. The number of likely N-dealkylation sites (N-methyl/N-ethyl adjacent to an activating group) is 1. The lowest BCUT2D eigenvalue weighted by Crippen LogP contribution is -2.33. The average Bonchev–Trinajstić information content (AvgIpc) is 3.14. The third kappa shape index (κ3) is 4.82. The van der Waals surface area contributed by atoms with Crippen molar-refractivity contribution in [3.05, 3.63) is 70.4 Å². The predicted molar refractivity (Wildman–Crippen MR) is 119 cm³/mol. The smallest absolute Gasteiger partial charge is 0.322 e. The minimum absolute atomic E-state index is 0.00774. The van der Waals surface area contributed by atoms with Crippen LogP contribution in [0.3, 0.4) is 0 Å². The van der Waals surface area contributed by atoms with E-state index in [1.54, 1.807) is 44.2 Å². The number of aromatic nitrogens is 1. The van der Waals surface area contributed by atoms with Crippen LogP contribution in [0, 0.1) is 10.1 Å². The molecule has 1 N–H and O–H groups in total. The lowest BCUT2D eigenvalue weighted by atomic mass is 10.1. The Balaban J connectivity index is 1.73. The Labute approximate surface area is 180 Å². The summed E-state index contributed by atoms with van der Waals surface area (Å²) >= 11 is 0. The van der Waals surface area contributed by atoms with E-state index in [9.17, 15) is 19.7 Å². The summed E-state index contributed by atoms with van der Waals surface area (Å²) in [5.74, 6) is -0.00774. The van der Waals surface area contributed by atoms with Crippen molar-refractivity contribution in [1.82, 2.24) is 14.4 Å². The molecule has 3 rings (SSSR count). The SMILES string of the molecule is CC(c1cccc([N+](=O)[O-])c1)N(C)C(=O)Nc1ccc2c(ccn2CC(=O)N(C)C)c1. The highest BCUT2D eigenvalue weighted by Gasteiger charge is 2.19. The standard InChI is InChI=1S/C22H25N5O4/c1-15(16-6-5-7-19(13-16)27(30)31)25(4)22(29)23-18-8-9-20-17(12-18)10-11-26(20)14-21(28)24(2)3/h5-13,15H,14H2,1-4H3,(H,23,29). The zero-order chi connectivity index (χ0) is 22.7. The lowest BCUT2D eigenvalue weighted by molar-refractivity contribution is -0.384. The number of benzene rings is 2. The molecule has 9 nitrogen and oxygen atoms in total. The summed E-state index contributed by atoms with van der Waals surface area (Å²) < 4.78 is 1.86. The van der Waals surface area contributed by atoms with Gasteiger partial charge in [-0.2, -0.15) is 0 Å². The highest BCUT2D eigenvalue weighted by Crippen LogP contribution is 2.25. The number of carbonyl (C=O) groups is 2. The number of nitro benzene ring substituents is 1. The van der Waals surface area contributed by atoms with Gasteiger partial charge in [0.1, 0.15) is 6.54 Å². The topological polar surface area (TPSA) is 101 Å². The van der Waals surface area contributed by atoms with Gasteiger partial charge in [0.15, 0.2) is 0 Å². The molecule has 0 fully saturated rings. The van der Waals surface area contributed by atoms with Crippen molar-refractivity contribution in [3.63, 3.8) is 0 Å². The van der Waals surface area contributed by atoms with Crippen molar-refractivity contribution in [2.24, 2.45) is 0 Å². The molecule has 0 aliphatic rings. The van der Waals surface area contributed by atoms with Gasteiger partial charge in [-0.1, -0.05) is 12.1 Å². The molecular formula is C22H25N5O4. The average molecular weight is 423 g/mol. The molecule has 1 aromatic heterocycles. The number of urea groups is 1. The van der Waals surface area contributed by atoms with Crippen LogP contribution in [0.25, 0.3) is 10.9 Å². The van der Waals surface area contributed by atoms with E-state index in [2.05, 4.69) is 5.32 Å². The molecule has 162 valence electrons. The van der Waals surface area contributed by atoms with Crippen LogP contribution in [0.1, 0.15) is 18.5 Å². The molecule has 0 radical (unpaired) electrons. The van der Waals surface area contributed by atoms with Crippen molar-refractivity contribution in [2.45, 2.75) is 19.5 Å². The van der Waals surface area contributed by atoms with Crippen LogP contribution < -0.4 is 5.32 Å². The van der Waals surface area contributed by atoms with E-state index < -0.39 is 4.92 Å². The van der Waals surface area contributed by atoms with E-state index >= 15 is 0 Å². The van der Waals surface area contributed by atoms with Gasteiger partial charge < -0.3 is 19.7 Å². The molecule has 2 aromatic carbocycles. The van der Waals surface area contributed by atoms with E-state index in [4.69, 9.17) is 0 Å². The van der Waals surface area contributed by atoms with Gasteiger partial charge in [0.2, 0.25) is 5.91 Å². The van der Waals surface area contributed by atoms with Gasteiger partial charge in [0, 0.05) is 56.1 Å². The van der Waals surface area contributed by atoms with Gasteiger partial charge in [-0.25, -0.2) is 4.79 Å². The Kier molecular flexibility index (Phi) is 6.24. The Morgan fingerprint density at radius 3 is 2.55 bits per heavy atom. The van der Waals surface area contributed by atoms with Gasteiger partial charge >= 0.3 is 6.03 Å². The number of non-ortho nitro benzene ring substituents is 1. The molecular weight excluding hydrogens is 398 g/mol. The molecule has 0 aliphatic heterocycles. The molecule has 1 unspecified atom stereocenters. The van der Waals surface area contributed by atoms with Crippen LogP contribution in [0.5, 0.6) is 0 Å².